The van der Waals surface area contributed by atoms with Crippen LogP contribution in [0.5, 0.6) is 0 Å². The summed E-state index contributed by atoms with van der Waals surface area (Å²) in [7, 11) is -2.64. The van der Waals surface area contributed by atoms with Gasteiger partial charge in [-0.15, -0.1) is 0 Å². The predicted molar refractivity (Wildman–Crippen MR) is 225 cm³/mol. The zero-order valence-electron chi connectivity index (χ0n) is 35.4. The highest BCUT2D eigenvalue weighted by Gasteiger charge is 2.26. The van der Waals surface area contributed by atoms with E-state index in [4.69, 9.17) is 18.5 Å². The van der Waals surface area contributed by atoms with E-state index in [1.54, 1.807) is 7.05 Å². The van der Waals surface area contributed by atoms with Gasteiger partial charge in [0.25, 0.3) is 0 Å². The molecule has 0 aliphatic rings. The summed E-state index contributed by atoms with van der Waals surface area (Å²) in [6, 6.07) is 0. The Kier molecular flexibility index (Phi) is 40.4. The Morgan fingerprint density at radius 1 is 0.556 bits per heavy atom. The van der Waals surface area contributed by atoms with E-state index in [9.17, 15) is 19.0 Å². The number of phosphoric acid groups is 1. The molecule has 0 radical (unpaired) electrons. The lowest BCUT2D eigenvalue weighted by Gasteiger charge is -2.20. The second-order valence-electron chi connectivity index (χ2n) is 15.2. The number of ether oxygens (including phenoxy) is 2. The first-order valence-electron chi connectivity index (χ1n) is 22.6. The highest BCUT2D eigenvalue weighted by molar-refractivity contribution is 7.47. The molecule has 0 aromatic rings. The van der Waals surface area contributed by atoms with E-state index >= 15 is 0 Å². The van der Waals surface area contributed by atoms with Crippen LogP contribution in [0.2, 0.25) is 0 Å². The SMILES string of the molecule is CCCCCC/C=C\CCCCCCCC(=O)OC(COC(=O)CCCCCCCCCCCCCCCCCCCCC)COP(=O)(O)OCCNC. The van der Waals surface area contributed by atoms with Crippen molar-refractivity contribution in [2.45, 2.75) is 225 Å². The van der Waals surface area contributed by atoms with Gasteiger partial charge in [0.1, 0.15) is 6.61 Å². The third-order valence-electron chi connectivity index (χ3n) is 9.89. The molecule has 0 aliphatic carbocycles. The molecule has 0 amide bonds. The summed E-state index contributed by atoms with van der Waals surface area (Å²) < 4.78 is 33.2. The molecule has 0 bridgehead atoms. The number of carbonyl (C=O) groups excluding carboxylic acids is 2. The number of nitrogens with one attached hydrogen (secondary N) is 1. The van der Waals surface area contributed by atoms with Gasteiger partial charge in [-0.2, -0.15) is 0 Å². The largest absolute Gasteiger partial charge is 0.472 e. The minimum Gasteiger partial charge on any atom is -0.462 e. The van der Waals surface area contributed by atoms with Crippen LogP contribution in [0, 0.1) is 0 Å². The number of likely N-dealkylation sites (N-methyl/N-ethyl adjacent to an activating group) is 1. The van der Waals surface area contributed by atoms with Crippen LogP contribution in [0.3, 0.4) is 0 Å². The monoisotopic (exact) mass is 788 g/mol. The van der Waals surface area contributed by atoms with Crippen molar-refractivity contribution >= 4 is 19.8 Å². The number of phosphoric ester groups is 1. The van der Waals surface area contributed by atoms with Crippen molar-refractivity contribution in [1.82, 2.24) is 5.32 Å². The first-order valence-corrected chi connectivity index (χ1v) is 24.1. The van der Waals surface area contributed by atoms with Crippen LogP contribution in [-0.2, 0) is 32.7 Å². The summed E-state index contributed by atoms with van der Waals surface area (Å²) >= 11 is 0. The summed E-state index contributed by atoms with van der Waals surface area (Å²) in [4.78, 5) is 35.0. The summed E-state index contributed by atoms with van der Waals surface area (Å²) in [6.07, 6.45) is 41.1. The fourth-order valence-corrected chi connectivity index (χ4v) is 7.18. The van der Waals surface area contributed by atoms with E-state index in [1.807, 2.05) is 0 Å². The molecule has 2 unspecified atom stereocenters. The van der Waals surface area contributed by atoms with Crippen molar-refractivity contribution in [2.75, 3.05) is 33.4 Å². The second kappa shape index (κ2) is 41.4. The molecule has 2 atom stereocenters. The molecule has 0 aromatic carbocycles. The second-order valence-corrected chi connectivity index (χ2v) is 16.7. The van der Waals surface area contributed by atoms with E-state index in [0.717, 1.165) is 51.4 Å². The maximum Gasteiger partial charge on any atom is 0.472 e. The number of hydrogen-bond donors (Lipinski definition) is 2. The fourth-order valence-electron chi connectivity index (χ4n) is 6.43. The molecule has 54 heavy (non-hydrogen) atoms. The van der Waals surface area contributed by atoms with Gasteiger partial charge in [0.2, 0.25) is 0 Å². The molecule has 0 fully saturated rings. The van der Waals surface area contributed by atoms with Crippen LogP contribution in [0.1, 0.15) is 219 Å². The van der Waals surface area contributed by atoms with E-state index in [1.165, 1.54) is 135 Å². The smallest absolute Gasteiger partial charge is 0.462 e. The van der Waals surface area contributed by atoms with Crippen molar-refractivity contribution in [3.63, 3.8) is 0 Å². The van der Waals surface area contributed by atoms with Gasteiger partial charge in [-0.3, -0.25) is 18.6 Å². The first-order chi connectivity index (χ1) is 26.3. The van der Waals surface area contributed by atoms with Crippen LogP contribution < -0.4 is 5.32 Å². The Hall–Kier alpha value is -1.25. The van der Waals surface area contributed by atoms with Crippen molar-refractivity contribution in [3.05, 3.63) is 12.2 Å². The molecule has 320 valence electrons. The van der Waals surface area contributed by atoms with Crippen LogP contribution in [-0.4, -0.2) is 56.3 Å². The van der Waals surface area contributed by atoms with Gasteiger partial charge in [-0.05, 0) is 45.6 Å². The molecule has 0 saturated carbocycles. The van der Waals surface area contributed by atoms with Gasteiger partial charge < -0.3 is 19.7 Å². The van der Waals surface area contributed by atoms with Crippen LogP contribution >= 0.6 is 7.82 Å². The lowest BCUT2D eigenvalue weighted by atomic mass is 10.0. The molecule has 0 aliphatic heterocycles. The van der Waals surface area contributed by atoms with Gasteiger partial charge in [-0.1, -0.05) is 180 Å². The molecule has 2 N–H and O–H groups in total. The number of esters is 2. The number of unbranched alkanes of at least 4 members (excludes halogenated alkanes) is 27. The molecular weight excluding hydrogens is 701 g/mol. The van der Waals surface area contributed by atoms with Crippen molar-refractivity contribution in [2.24, 2.45) is 0 Å². The zero-order chi connectivity index (χ0) is 39.6. The third kappa shape index (κ3) is 40.4. The quantitative estimate of drug-likeness (QED) is 0.0269. The minimum absolute atomic E-state index is 0.0154. The van der Waals surface area contributed by atoms with E-state index in [0.29, 0.717) is 19.4 Å². The molecule has 9 nitrogen and oxygen atoms in total. The first kappa shape index (κ1) is 52.8. The van der Waals surface area contributed by atoms with Crippen molar-refractivity contribution in [3.8, 4) is 0 Å². The normalized spacial score (nSPS) is 13.3. The lowest BCUT2D eigenvalue weighted by molar-refractivity contribution is -0.161. The maximum absolute atomic E-state index is 12.6. The van der Waals surface area contributed by atoms with Gasteiger partial charge in [0.15, 0.2) is 6.10 Å². The molecule has 0 saturated heterocycles. The average molecular weight is 788 g/mol. The van der Waals surface area contributed by atoms with Crippen LogP contribution in [0.15, 0.2) is 12.2 Å². The van der Waals surface area contributed by atoms with Crippen molar-refractivity contribution < 1.29 is 37.6 Å². The van der Waals surface area contributed by atoms with Gasteiger partial charge in [0.05, 0.1) is 13.2 Å². The topological polar surface area (TPSA) is 120 Å². The molecular formula is C44H86NO8P. The number of rotatable bonds is 43. The van der Waals surface area contributed by atoms with Gasteiger partial charge in [-0.25, -0.2) is 4.57 Å². The number of hydrogen-bond acceptors (Lipinski definition) is 8. The Labute approximate surface area is 332 Å². The van der Waals surface area contributed by atoms with Gasteiger partial charge in [0, 0.05) is 19.4 Å². The van der Waals surface area contributed by atoms with E-state index in [-0.39, 0.29) is 25.6 Å². The summed E-state index contributed by atoms with van der Waals surface area (Å²) in [5.74, 6) is -0.805. The van der Waals surface area contributed by atoms with E-state index < -0.39 is 26.5 Å². The maximum atomic E-state index is 12.6. The zero-order valence-corrected chi connectivity index (χ0v) is 36.3. The number of allylic oxidation sites excluding steroid dienone is 2. The van der Waals surface area contributed by atoms with Crippen LogP contribution in [0.4, 0.5) is 0 Å². The average Bonchev–Trinajstić information content (AvgIpc) is 3.15. The molecule has 0 rings (SSSR count). The Balaban J connectivity index is 4.13. The minimum atomic E-state index is -4.34. The molecule has 0 spiro atoms. The standard InChI is InChI=1S/C44H86NO8P/c1-4-6-8-10-12-14-16-18-19-20-21-22-23-25-26-28-30-32-34-36-43(46)50-40-42(41-52-54(48,49)51-39-38-45-3)53-44(47)37-35-33-31-29-27-24-17-15-13-11-9-7-5-2/h15,17,42,45H,4-14,16,18-41H2,1-3H3,(H,48,49)/b17-15-. The Morgan fingerprint density at radius 3 is 1.39 bits per heavy atom. The van der Waals surface area contributed by atoms with E-state index in [2.05, 4.69) is 31.3 Å². The van der Waals surface area contributed by atoms with Gasteiger partial charge >= 0.3 is 19.8 Å². The summed E-state index contributed by atoms with van der Waals surface area (Å²) in [5, 5.41) is 2.82. The lowest BCUT2D eigenvalue weighted by Crippen LogP contribution is -2.29. The summed E-state index contributed by atoms with van der Waals surface area (Å²) in [6.45, 7) is 4.23. The molecule has 0 heterocycles. The highest BCUT2D eigenvalue weighted by Crippen LogP contribution is 2.43. The molecule has 10 heteroatoms. The Bertz CT molecular complexity index is 902. The highest BCUT2D eigenvalue weighted by atomic mass is 31.2. The molecule has 0 aromatic heterocycles. The number of carbonyl (C=O) groups is 2. The summed E-state index contributed by atoms with van der Waals surface area (Å²) in [5.41, 5.74) is 0. The third-order valence-corrected chi connectivity index (χ3v) is 10.9. The Morgan fingerprint density at radius 2 is 0.944 bits per heavy atom. The van der Waals surface area contributed by atoms with Crippen molar-refractivity contribution in [1.29, 1.82) is 0 Å². The van der Waals surface area contributed by atoms with Crippen LogP contribution in [0.25, 0.3) is 0 Å². The predicted octanol–water partition coefficient (Wildman–Crippen LogP) is 12.9. The fraction of sp³-hybridized carbons (Fsp3) is 0.909.